The summed E-state index contributed by atoms with van der Waals surface area (Å²) in [6, 6.07) is 4.73. The fourth-order valence-electron chi connectivity index (χ4n) is 1.99. The van der Waals surface area contributed by atoms with E-state index in [-0.39, 0.29) is 0 Å². The van der Waals surface area contributed by atoms with E-state index in [2.05, 4.69) is 10.3 Å². The summed E-state index contributed by atoms with van der Waals surface area (Å²) in [6.07, 6.45) is 6.74. The van der Waals surface area contributed by atoms with Gasteiger partial charge in [0.05, 0.1) is 0 Å². The Hall–Kier alpha value is -1.09. The van der Waals surface area contributed by atoms with Gasteiger partial charge in [-0.25, -0.2) is 4.98 Å². The topological polar surface area (TPSA) is 50.9 Å². The average molecular weight is 191 g/mol. The highest BCUT2D eigenvalue weighted by molar-refractivity contribution is 5.31. The minimum atomic E-state index is 0.627. The van der Waals surface area contributed by atoms with Gasteiger partial charge < -0.3 is 11.1 Å². The molecule has 0 aliphatic carbocycles. The van der Waals surface area contributed by atoms with Gasteiger partial charge in [0.2, 0.25) is 0 Å². The Labute approximate surface area is 84.7 Å². The van der Waals surface area contributed by atoms with Crippen LogP contribution < -0.4 is 11.1 Å². The number of rotatable bonds is 3. The van der Waals surface area contributed by atoms with Crippen LogP contribution in [0.4, 0.5) is 5.82 Å². The molecule has 0 aromatic carbocycles. The van der Waals surface area contributed by atoms with Crippen molar-refractivity contribution in [2.75, 3.05) is 12.3 Å². The summed E-state index contributed by atoms with van der Waals surface area (Å²) in [5.74, 6) is 0.627. The number of pyridine rings is 1. The standard InChI is InChI=1S/C11H17N3/c12-11-8-9(5-7-14-11)3-4-10-2-1-6-13-10/h5,7-8,10,13H,1-4,6H2,(H2,12,14). The van der Waals surface area contributed by atoms with E-state index in [1.165, 1.54) is 31.4 Å². The molecule has 0 saturated carbocycles. The fraction of sp³-hybridized carbons (Fsp3) is 0.545. The summed E-state index contributed by atoms with van der Waals surface area (Å²) in [5.41, 5.74) is 6.91. The van der Waals surface area contributed by atoms with Gasteiger partial charge in [0.1, 0.15) is 5.82 Å². The first kappa shape index (κ1) is 9.46. The van der Waals surface area contributed by atoms with Gasteiger partial charge in [0, 0.05) is 12.2 Å². The fourth-order valence-corrected chi connectivity index (χ4v) is 1.99. The highest BCUT2D eigenvalue weighted by Gasteiger charge is 2.13. The molecular formula is C11H17N3. The van der Waals surface area contributed by atoms with E-state index < -0.39 is 0 Å². The van der Waals surface area contributed by atoms with Crippen LogP contribution >= 0.6 is 0 Å². The molecule has 2 heterocycles. The second kappa shape index (κ2) is 4.42. The van der Waals surface area contributed by atoms with E-state index in [9.17, 15) is 0 Å². The molecule has 3 nitrogen and oxygen atoms in total. The van der Waals surface area contributed by atoms with Gasteiger partial charge >= 0.3 is 0 Å². The third-order valence-corrected chi connectivity index (χ3v) is 2.79. The van der Waals surface area contributed by atoms with Gasteiger partial charge in [-0.3, -0.25) is 0 Å². The Morgan fingerprint density at radius 3 is 3.21 bits per heavy atom. The monoisotopic (exact) mass is 191 g/mol. The number of nitrogens with zero attached hydrogens (tertiary/aromatic N) is 1. The lowest BCUT2D eigenvalue weighted by atomic mass is 10.1. The van der Waals surface area contributed by atoms with Crippen LogP contribution in [0.15, 0.2) is 18.3 Å². The largest absolute Gasteiger partial charge is 0.384 e. The molecule has 76 valence electrons. The first-order chi connectivity index (χ1) is 6.84. The normalized spacial score (nSPS) is 21.3. The number of nitrogen functional groups attached to an aromatic ring is 1. The molecule has 1 aromatic heterocycles. The molecule has 1 fully saturated rings. The third kappa shape index (κ3) is 2.45. The predicted octanol–water partition coefficient (Wildman–Crippen LogP) is 1.35. The Bertz CT molecular complexity index is 292. The molecule has 1 aromatic rings. The Morgan fingerprint density at radius 1 is 1.57 bits per heavy atom. The molecule has 0 spiro atoms. The van der Waals surface area contributed by atoms with Crippen LogP contribution in [-0.4, -0.2) is 17.6 Å². The summed E-state index contributed by atoms with van der Waals surface area (Å²) < 4.78 is 0. The summed E-state index contributed by atoms with van der Waals surface area (Å²) in [6.45, 7) is 1.18. The summed E-state index contributed by atoms with van der Waals surface area (Å²) in [7, 11) is 0. The summed E-state index contributed by atoms with van der Waals surface area (Å²) in [5, 5.41) is 3.49. The molecular weight excluding hydrogens is 174 g/mol. The molecule has 1 aliphatic heterocycles. The lowest BCUT2D eigenvalue weighted by Gasteiger charge is -2.09. The number of aromatic nitrogens is 1. The molecule has 0 radical (unpaired) electrons. The van der Waals surface area contributed by atoms with Crippen LogP contribution in [0.3, 0.4) is 0 Å². The minimum Gasteiger partial charge on any atom is -0.384 e. The molecule has 0 bridgehead atoms. The van der Waals surface area contributed by atoms with Gasteiger partial charge in [-0.05, 0) is 49.9 Å². The Balaban J connectivity index is 1.85. The van der Waals surface area contributed by atoms with E-state index in [1.54, 1.807) is 6.20 Å². The van der Waals surface area contributed by atoms with Crippen molar-refractivity contribution in [1.82, 2.24) is 10.3 Å². The number of anilines is 1. The van der Waals surface area contributed by atoms with Crippen LogP contribution in [-0.2, 0) is 6.42 Å². The lowest BCUT2D eigenvalue weighted by molar-refractivity contribution is 0.559. The zero-order valence-corrected chi connectivity index (χ0v) is 8.37. The zero-order valence-electron chi connectivity index (χ0n) is 8.37. The van der Waals surface area contributed by atoms with Crippen LogP contribution in [0.25, 0.3) is 0 Å². The quantitative estimate of drug-likeness (QED) is 0.758. The molecule has 3 N–H and O–H groups in total. The molecule has 0 amide bonds. The van der Waals surface area contributed by atoms with Crippen molar-refractivity contribution in [1.29, 1.82) is 0 Å². The summed E-state index contributed by atoms with van der Waals surface area (Å²) >= 11 is 0. The summed E-state index contributed by atoms with van der Waals surface area (Å²) in [4.78, 5) is 3.98. The first-order valence-electron chi connectivity index (χ1n) is 5.28. The van der Waals surface area contributed by atoms with Crippen molar-refractivity contribution in [3.63, 3.8) is 0 Å². The smallest absolute Gasteiger partial charge is 0.123 e. The number of nitrogens with one attached hydrogen (secondary N) is 1. The third-order valence-electron chi connectivity index (χ3n) is 2.79. The van der Waals surface area contributed by atoms with E-state index >= 15 is 0 Å². The van der Waals surface area contributed by atoms with E-state index in [4.69, 9.17) is 5.73 Å². The molecule has 2 rings (SSSR count). The Morgan fingerprint density at radius 2 is 2.50 bits per heavy atom. The van der Waals surface area contributed by atoms with Crippen molar-refractivity contribution in [2.45, 2.75) is 31.7 Å². The predicted molar refractivity (Wildman–Crippen MR) is 58.0 cm³/mol. The van der Waals surface area contributed by atoms with Crippen LogP contribution in [0.2, 0.25) is 0 Å². The highest BCUT2D eigenvalue weighted by Crippen LogP contribution is 2.13. The van der Waals surface area contributed by atoms with Gasteiger partial charge in [-0.1, -0.05) is 0 Å². The molecule has 1 aliphatic rings. The number of nitrogens with two attached hydrogens (primary N) is 1. The second-order valence-corrected chi connectivity index (χ2v) is 3.92. The van der Waals surface area contributed by atoms with Crippen molar-refractivity contribution < 1.29 is 0 Å². The van der Waals surface area contributed by atoms with E-state index in [1.807, 2.05) is 12.1 Å². The van der Waals surface area contributed by atoms with E-state index in [0.717, 1.165) is 6.42 Å². The van der Waals surface area contributed by atoms with Crippen molar-refractivity contribution in [3.8, 4) is 0 Å². The van der Waals surface area contributed by atoms with E-state index in [0.29, 0.717) is 11.9 Å². The first-order valence-corrected chi connectivity index (χ1v) is 5.28. The van der Waals surface area contributed by atoms with Gasteiger partial charge in [-0.2, -0.15) is 0 Å². The van der Waals surface area contributed by atoms with Crippen LogP contribution in [0.1, 0.15) is 24.8 Å². The highest BCUT2D eigenvalue weighted by atomic mass is 14.9. The zero-order chi connectivity index (χ0) is 9.80. The number of aryl methyl sites for hydroxylation is 1. The molecule has 14 heavy (non-hydrogen) atoms. The Kier molecular flexibility index (Phi) is 2.99. The van der Waals surface area contributed by atoms with Gasteiger partial charge in [0.25, 0.3) is 0 Å². The minimum absolute atomic E-state index is 0.627. The molecule has 3 heteroatoms. The number of hydrogen-bond acceptors (Lipinski definition) is 3. The van der Waals surface area contributed by atoms with Crippen molar-refractivity contribution >= 4 is 5.82 Å². The maximum Gasteiger partial charge on any atom is 0.123 e. The van der Waals surface area contributed by atoms with Gasteiger partial charge in [0.15, 0.2) is 0 Å². The second-order valence-electron chi connectivity index (χ2n) is 3.92. The van der Waals surface area contributed by atoms with Gasteiger partial charge in [-0.15, -0.1) is 0 Å². The average Bonchev–Trinajstić information content (AvgIpc) is 2.67. The molecule has 1 unspecified atom stereocenters. The molecule has 1 saturated heterocycles. The number of hydrogen-bond donors (Lipinski definition) is 2. The maximum atomic E-state index is 5.62. The van der Waals surface area contributed by atoms with Crippen LogP contribution in [0, 0.1) is 0 Å². The lowest BCUT2D eigenvalue weighted by Crippen LogP contribution is -2.21. The SMILES string of the molecule is Nc1cc(CCC2CCCN2)ccn1. The molecule has 1 atom stereocenters. The maximum absolute atomic E-state index is 5.62. The van der Waals surface area contributed by atoms with Crippen molar-refractivity contribution in [3.05, 3.63) is 23.9 Å². The van der Waals surface area contributed by atoms with Crippen molar-refractivity contribution in [2.24, 2.45) is 0 Å². The van der Waals surface area contributed by atoms with Crippen LogP contribution in [0.5, 0.6) is 0 Å².